The van der Waals surface area contributed by atoms with E-state index in [4.69, 9.17) is 37.9 Å². The number of hydrogen-bond donors (Lipinski definition) is 0. The zero-order chi connectivity index (χ0) is 39.9. The molecule has 50 heavy (non-hydrogen) atoms. The lowest BCUT2D eigenvalue weighted by atomic mass is 10.3. The second-order valence-electron chi connectivity index (χ2n) is 10.4. The van der Waals surface area contributed by atoms with Gasteiger partial charge < -0.3 is 37.9 Å². The molecule has 16 nitrogen and oxygen atoms in total. The minimum Gasteiger partial charge on any atom is -0.348 e. The zero-order valence-corrected chi connectivity index (χ0v) is 29.2. The predicted octanol–water partition coefficient (Wildman–Crippen LogP) is 4.15. The Morgan fingerprint density at radius 3 is 0.400 bits per heavy atom. The normalized spacial score (nSPS) is 10.1. The summed E-state index contributed by atoms with van der Waals surface area (Å²) in [6.07, 6.45) is -6.25. The van der Waals surface area contributed by atoms with E-state index in [-0.39, 0.29) is 44.6 Å². The van der Waals surface area contributed by atoms with Crippen molar-refractivity contribution in [2.75, 3.05) is 0 Å². The highest BCUT2D eigenvalue weighted by atomic mass is 17.0. The molecular weight excluding hydrogens is 664 g/mol. The molecule has 0 amide bonds. The molecule has 0 rings (SSSR count). The van der Waals surface area contributed by atoms with Gasteiger partial charge in [-0.2, -0.15) is 0 Å². The van der Waals surface area contributed by atoms with Crippen molar-refractivity contribution >= 4 is 47.8 Å². The van der Waals surface area contributed by atoms with Crippen LogP contribution in [0.3, 0.4) is 0 Å². The zero-order valence-electron chi connectivity index (χ0n) is 29.2. The van der Waals surface area contributed by atoms with E-state index in [9.17, 15) is 38.4 Å². The van der Waals surface area contributed by atoms with Crippen LogP contribution in [-0.2, 0) is 76.3 Å². The Labute approximate surface area is 288 Å². The van der Waals surface area contributed by atoms with Gasteiger partial charge in [-0.1, -0.05) is 52.6 Å². The first kappa shape index (κ1) is 45.8. The van der Waals surface area contributed by atoms with Crippen molar-refractivity contribution in [3.8, 4) is 0 Å². The van der Waals surface area contributed by atoms with E-state index in [1.54, 1.807) is 0 Å². The summed E-state index contributed by atoms with van der Waals surface area (Å²) in [6, 6.07) is 0. The van der Waals surface area contributed by atoms with Crippen LogP contribution in [0.2, 0.25) is 0 Å². The van der Waals surface area contributed by atoms with Crippen molar-refractivity contribution in [3.05, 3.63) is 97.2 Å². The van der Waals surface area contributed by atoms with Crippen molar-refractivity contribution < 1.29 is 76.3 Å². The molecule has 0 atom stereocenters. The van der Waals surface area contributed by atoms with Crippen LogP contribution in [0.15, 0.2) is 97.2 Å². The summed E-state index contributed by atoms with van der Waals surface area (Å²) in [4.78, 5) is 94.8. The van der Waals surface area contributed by atoms with Crippen molar-refractivity contribution in [2.45, 2.75) is 67.7 Å². The molecule has 0 unspecified atom stereocenters. The van der Waals surface area contributed by atoms with Gasteiger partial charge in [0.15, 0.2) is 0 Å². The SMILES string of the molecule is C=C(C)C(=O)OC(OC(=O)C(=C)C)(OC(=O)C(=C)C)OC(=O)C(=C)C.C=C(C)C(=O)OC(OC(=O)C(=C)C)(OC(=O)C(=C)C)OC(=O)C(=C)C. The lowest BCUT2D eigenvalue weighted by Crippen LogP contribution is -2.48. The molecular formula is C34H40O16. The van der Waals surface area contributed by atoms with Gasteiger partial charge >= 0.3 is 60.1 Å². The average Bonchev–Trinajstić information content (AvgIpc) is 2.96. The van der Waals surface area contributed by atoms with Crippen LogP contribution >= 0.6 is 0 Å². The largest absolute Gasteiger partial charge is 0.620 e. The number of carbonyl (C=O) groups excluding carboxylic acids is 8. The molecule has 0 aromatic carbocycles. The summed E-state index contributed by atoms with van der Waals surface area (Å²) in [5.74, 6) is -9.23. The minimum absolute atomic E-state index is 0.145. The smallest absolute Gasteiger partial charge is 0.348 e. The van der Waals surface area contributed by atoms with Gasteiger partial charge in [-0.05, 0) is 55.4 Å². The standard InChI is InChI=1S/2C17H20O8/c2*1-9(2)13(18)22-17(23-14(19)10(3)4,24-15(20)11(5)6)25-16(21)12(7)8/h2*1,3,5,7H2,2,4,6,8H3. The highest BCUT2D eigenvalue weighted by Gasteiger charge is 2.51. The van der Waals surface area contributed by atoms with Crippen molar-refractivity contribution in [2.24, 2.45) is 0 Å². The van der Waals surface area contributed by atoms with E-state index in [0.717, 1.165) is 0 Å². The first-order chi connectivity index (χ1) is 22.6. The van der Waals surface area contributed by atoms with Crippen LogP contribution in [0.1, 0.15) is 55.4 Å². The van der Waals surface area contributed by atoms with Gasteiger partial charge in [-0.3, -0.25) is 0 Å². The van der Waals surface area contributed by atoms with Crippen LogP contribution in [0.4, 0.5) is 0 Å². The number of carbonyl (C=O) groups is 8. The molecule has 272 valence electrons. The predicted molar refractivity (Wildman–Crippen MR) is 173 cm³/mol. The fourth-order valence-corrected chi connectivity index (χ4v) is 1.86. The summed E-state index contributed by atoms with van der Waals surface area (Å²) >= 11 is 0. The maximum Gasteiger partial charge on any atom is 0.620 e. The van der Waals surface area contributed by atoms with Crippen molar-refractivity contribution in [1.82, 2.24) is 0 Å². The number of ether oxygens (including phenoxy) is 8. The molecule has 0 aliphatic carbocycles. The minimum atomic E-state index is -3.13. The van der Waals surface area contributed by atoms with Gasteiger partial charge in [0, 0.05) is 44.6 Å². The van der Waals surface area contributed by atoms with Gasteiger partial charge in [0.05, 0.1) is 0 Å². The molecule has 0 aliphatic rings. The molecule has 0 aromatic heterocycles. The molecule has 0 fully saturated rings. The molecule has 0 heterocycles. The van der Waals surface area contributed by atoms with E-state index in [2.05, 4.69) is 52.6 Å². The Bertz CT molecular complexity index is 1220. The molecule has 0 saturated carbocycles. The van der Waals surface area contributed by atoms with E-state index >= 15 is 0 Å². The highest BCUT2D eigenvalue weighted by Crippen LogP contribution is 2.25. The molecule has 16 heteroatoms. The molecule has 0 N–H and O–H groups in total. The third kappa shape index (κ3) is 16.0. The van der Waals surface area contributed by atoms with Crippen LogP contribution in [-0.4, -0.2) is 60.1 Å². The highest BCUT2D eigenvalue weighted by molar-refractivity contribution is 5.93. The summed E-state index contributed by atoms with van der Waals surface area (Å²) in [6.45, 7) is 36.8. The van der Waals surface area contributed by atoms with E-state index < -0.39 is 60.1 Å². The second-order valence-corrected chi connectivity index (χ2v) is 10.4. The second kappa shape index (κ2) is 19.5. The van der Waals surface area contributed by atoms with Crippen LogP contribution in [0.25, 0.3) is 0 Å². The van der Waals surface area contributed by atoms with E-state index in [0.29, 0.717) is 0 Å². The monoisotopic (exact) mass is 704 g/mol. The van der Waals surface area contributed by atoms with Crippen LogP contribution in [0.5, 0.6) is 0 Å². The number of esters is 8. The molecule has 0 radical (unpaired) electrons. The Morgan fingerprint density at radius 1 is 0.260 bits per heavy atom. The summed E-state index contributed by atoms with van der Waals surface area (Å²) < 4.78 is 38.2. The van der Waals surface area contributed by atoms with Gasteiger partial charge in [-0.15, -0.1) is 0 Å². The van der Waals surface area contributed by atoms with Crippen LogP contribution < -0.4 is 0 Å². The van der Waals surface area contributed by atoms with Crippen molar-refractivity contribution in [3.63, 3.8) is 0 Å². The maximum absolute atomic E-state index is 11.8. The molecule has 0 spiro atoms. The third-order valence-electron chi connectivity index (χ3n) is 4.53. The average molecular weight is 705 g/mol. The first-order valence-corrected chi connectivity index (χ1v) is 13.7. The van der Waals surface area contributed by atoms with Gasteiger partial charge in [0.2, 0.25) is 0 Å². The topological polar surface area (TPSA) is 210 Å². The molecule has 0 bridgehead atoms. The van der Waals surface area contributed by atoms with E-state index in [1.807, 2.05) is 0 Å². The Morgan fingerprint density at radius 2 is 0.340 bits per heavy atom. The Kier molecular flexibility index (Phi) is 17.9. The fourth-order valence-electron chi connectivity index (χ4n) is 1.86. The third-order valence-corrected chi connectivity index (χ3v) is 4.53. The number of hydrogen-bond acceptors (Lipinski definition) is 16. The Balaban J connectivity index is 0. The maximum atomic E-state index is 11.8. The number of rotatable bonds is 16. The molecule has 0 aromatic rings. The fraction of sp³-hybridized carbons (Fsp3) is 0.294. The summed E-state index contributed by atoms with van der Waals surface area (Å²) in [7, 11) is 0. The van der Waals surface area contributed by atoms with E-state index in [1.165, 1.54) is 55.4 Å². The van der Waals surface area contributed by atoms with Gasteiger partial charge in [0.1, 0.15) is 0 Å². The lowest BCUT2D eigenvalue weighted by molar-refractivity contribution is -0.430. The Hall–Kier alpha value is -6.32. The van der Waals surface area contributed by atoms with Gasteiger partial charge in [0.25, 0.3) is 0 Å². The first-order valence-electron chi connectivity index (χ1n) is 13.7. The van der Waals surface area contributed by atoms with Crippen molar-refractivity contribution in [1.29, 1.82) is 0 Å². The lowest BCUT2D eigenvalue weighted by Gasteiger charge is -2.29. The molecule has 0 aliphatic heterocycles. The summed E-state index contributed by atoms with van der Waals surface area (Å²) in [5, 5.41) is 0. The van der Waals surface area contributed by atoms with Gasteiger partial charge in [-0.25, -0.2) is 38.4 Å². The quantitative estimate of drug-likeness (QED) is 0.125. The molecule has 0 saturated heterocycles. The summed E-state index contributed by atoms with van der Waals surface area (Å²) in [5.41, 5.74) is -1.16. The van der Waals surface area contributed by atoms with Crippen LogP contribution in [0, 0.1) is 0 Å².